The van der Waals surface area contributed by atoms with Crippen molar-refractivity contribution in [2.75, 3.05) is 18.0 Å². The summed E-state index contributed by atoms with van der Waals surface area (Å²) in [7, 11) is 0. The van der Waals surface area contributed by atoms with Crippen LogP contribution in [0.5, 0.6) is 0 Å². The molecule has 2 heterocycles. The molecule has 0 aliphatic carbocycles. The lowest BCUT2D eigenvalue weighted by Gasteiger charge is -2.30. The van der Waals surface area contributed by atoms with Crippen LogP contribution in [0.2, 0.25) is 5.02 Å². The molecule has 0 fully saturated rings. The van der Waals surface area contributed by atoms with E-state index in [-0.39, 0.29) is 5.56 Å². The molecule has 0 bridgehead atoms. The van der Waals surface area contributed by atoms with Crippen molar-refractivity contribution in [2.24, 2.45) is 0 Å². The third-order valence-electron chi connectivity index (χ3n) is 3.34. The van der Waals surface area contributed by atoms with E-state index < -0.39 is 0 Å². The molecule has 3 rings (SSSR count). The van der Waals surface area contributed by atoms with Crippen LogP contribution in [0.4, 0.5) is 5.95 Å². The average molecular weight is 276 g/mol. The molecular weight excluding hydrogens is 262 g/mol. The Morgan fingerprint density at radius 1 is 1.42 bits per heavy atom. The average Bonchev–Trinajstić information content (AvgIpc) is 2.41. The van der Waals surface area contributed by atoms with E-state index in [1.54, 1.807) is 22.8 Å². The van der Waals surface area contributed by atoms with E-state index in [0.29, 0.717) is 29.0 Å². The lowest BCUT2D eigenvalue weighted by Crippen LogP contribution is -2.38. The van der Waals surface area contributed by atoms with Crippen molar-refractivity contribution < 1.29 is 0 Å². The highest BCUT2D eigenvalue weighted by Crippen LogP contribution is 2.21. The van der Waals surface area contributed by atoms with Gasteiger partial charge in [0.2, 0.25) is 5.95 Å². The first-order valence-electron chi connectivity index (χ1n) is 6.26. The van der Waals surface area contributed by atoms with Crippen LogP contribution in [0.25, 0.3) is 10.9 Å². The molecule has 0 saturated carbocycles. The predicted molar refractivity (Wildman–Crippen MR) is 78.0 cm³/mol. The van der Waals surface area contributed by atoms with Crippen LogP contribution >= 0.6 is 11.6 Å². The molecule has 4 nitrogen and oxygen atoms in total. The van der Waals surface area contributed by atoms with Gasteiger partial charge in [0.05, 0.1) is 10.9 Å². The summed E-state index contributed by atoms with van der Waals surface area (Å²) in [5.41, 5.74) is 0.674. The third-order valence-corrected chi connectivity index (χ3v) is 3.57. The number of fused-ring (bicyclic) bond motifs is 2. The van der Waals surface area contributed by atoms with Crippen molar-refractivity contribution >= 4 is 28.5 Å². The molecule has 1 aromatic heterocycles. The molecule has 98 valence electrons. The molecule has 1 aliphatic heterocycles. The van der Waals surface area contributed by atoms with Gasteiger partial charge in [-0.3, -0.25) is 9.36 Å². The van der Waals surface area contributed by atoms with Gasteiger partial charge in [-0.15, -0.1) is 6.58 Å². The predicted octanol–water partition coefficient (Wildman–Crippen LogP) is 2.45. The molecule has 1 aromatic carbocycles. The van der Waals surface area contributed by atoms with E-state index >= 15 is 0 Å². The highest BCUT2D eigenvalue weighted by Gasteiger charge is 2.20. The molecule has 0 atom stereocenters. The first-order chi connectivity index (χ1) is 9.20. The Morgan fingerprint density at radius 3 is 3.05 bits per heavy atom. The topological polar surface area (TPSA) is 38.1 Å². The van der Waals surface area contributed by atoms with Crippen molar-refractivity contribution in [3.63, 3.8) is 0 Å². The standard InChI is InChI=1S/C14H14ClN3O/c1-2-6-17-7-3-8-18-13(19)11-9-10(15)4-5-12(11)16-14(17)18/h2,4-5,9H,1,3,6-8H2. The highest BCUT2D eigenvalue weighted by molar-refractivity contribution is 6.31. The molecule has 0 N–H and O–H groups in total. The molecule has 0 amide bonds. The number of hydrogen-bond acceptors (Lipinski definition) is 3. The van der Waals surface area contributed by atoms with E-state index in [4.69, 9.17) is 11.6 Å². The summed E-state index contributed by atoms with van der Waals surface area (Å²) in [5.74, 6) is 0.728. The monoisotopic (exact) mass is 275 g/mol. The number of hydrogen-bond donors (Lipinski definition) is 0. The second-order valence-electron chi connectivity index (χ2n) is 4.62. The second kappa shape index (κ2) is 4.70. The quantitative estimate of drug-likeness (QED) is 0.790. The minimum atomic E-state index is -0.0173. The maximum Gasteiger partial charge on any atom is 0.262 e. The van der Waals surface area contributed by atoms with E-state index in [1.165, 1.54) is 0 Å². The Bertz CT molecular complexity index is 708. The summed E-state index contributed by atoms with van der Waals surface area (Å²) < 4.78 is 1.73. The molecule has 19 heavy (non-hydrogen) atoms. The molecule has 1 aliphatic rings. The number of benzene rings is 1. The molecule has 0 unspecified atom stereocenters. The third kappa shape index (κ3) is 2.02. The Labute approximate surface area is 115 Å². The fourth-order valence-electron chi connectivity index (χ4n) is 2.47. The van der Waals surface area contributed by atoms with Gasteiger partial charge in [0.1, 0.15) is 0 Å². The van der Waals surface area contributed by atoms with Crippen molar-refractivity contribution in [3.05, 3.63) is 46.2 Å². The number of aromatic nitrogens is 2. The van der Waals surface area contributed by atoms with Crippen LogP contribution in [-0.4, -0.2) is 22.6 Å². The van der Waals surface area contributed by atoms with Gasteiger partial charge < -0.3 is 4.90 Å². The fourth-order valence-corrected chi connectivity index (χ4v) is 2.64. The minimum absolute atomic E-state index is 0.0173. The van der Waals surface area contributed by atoms with Crippen LogP contribution in [0.1, 0.15) is 6.42 Å². The Morgan fingerprint density at radius 2 is 2.26 bits per heavy atom. The summed E-state index contributed by atoms with van der Waals surface area (Å²) in [6.45, 7) is 6.06. The van der Waals surface area contributed by atoms with E-state index in [2.05, 4.69) is 16.5 Å². The minimum Gasteiger partial charge on any atom is -0.338 e. The zero-order valence-corrected chi connectivity index (χ0v) is 11.2. The molecule has 2 aromatic rings. The Hall–Kier alpha value is -1.81. The first-order valence-corrected chi connectivity index (χ1v) is 6.64. The number of anilines is 1. The van der Waals surface area contributed by atoms with Gasteiger partial charge >= 0.3 is 0 Å². The zero-order valence-electron chi connectivity index (χ0n) is 10.5. The number of halogens is 1. The van der Waals surface area contributed by atoms with Crippen molar-refractivity contribution in [1.29, 1.82) is 0 Å². The SMILES string of the molecule is C=CCN1CCCn2c1nc1ccc(Cl)cc1c2=O. The summed E-state index contributed by atoms with van der Waals surface area (Å²) in [4.78, 5) is 19.2. The molecule has 0 radical (unpaired) electrons. The summed E-state index contributed by atoms with van der Waals surface area (Å²) in [6.07, 6.45) is 2.77. The van der Waals surface area contributed by atoms with E-state index in [0.717, 1.165) is 18.9 Å². The van der Waals surface area contributed by atoms with Gasteiger partial charge in [-0.2, -0.15) is 0 Å². The van der Waals surface area contributed by atoms with Gasteiger partial charge in [-0.1, -0.05) is 17.7 Å². The molecular formula is C14H14ClN3O. The summed E-state index contributed by atoms with van der Waals surface area (Å²) in [5, 5.41) is 1.14. The van der Waals surface area contributed by atoms with E-state index in [9.17, 15) is 4.79 Å². The summed E-state index contributed by atoms with van der Waals surface area (Å²) >= 11 is 5.95. The van der Waals surface area contributed by atoms with Crippen molar-refractivity contribution in [1.82, 2.24) is 9.55 Å². The number of rotatable bonds is 2. The lowest BCUT2D eigenvalue weighted by molar-refractivity contribution is 0.548. The molecule has 0 saturated heterocycles. The van der Waals surface area contributed by atoms with Gasteiger partial charge in [0, 0.05) is 24.7 Å². The smallest absolute Gasteiger partial charge is 0.262 e. The lowest BCUT2D eigenvalue weighted by atomic mass is 10.2. The van der Waals surface area contributed by atoms with Crippen LogP contribution in [-0.2, 0) is 6.54 Å². The van der Waals surface area contributed by atoms with Crippen molar-refractivity contribution in [2.45, 2.75) is 13.0 Å². The Balaban J connectivity index is 2.28. The molecule has 0 spiro atoms. The van der Waals surface area contributed by atoms with Gasteiger partial charge in [-0.25, -0.2) is 4.98 Å². The molecule has 5 heteroatoms. The van der Waals surface area contributed by atoms with Gasteiger partial charge in [-0.05, 0) is 24.6 Å². The van der Waals surface area contributed by atoms with Crippen LogP contribution < -0.4 is 10.5 Å². The number of nitrogens with zero attached hydrogens (tertiary/aromatic N) is 3. The summed E-state index contributed by atoms with van der Waals surface area (Å²) in [6, 6.07) is 5.24. The normalized spacial score (nSPS) is 14.5. The largest absolute Gasteiger partial charge is 0.338 e. The fraction of sp³-hybridized carbons (Fsp3) is 0.286. The highest BCUT2D eigenvalue weighted by atomic mass is 35.5. The van der Waals surface area contributed by atoms with Crippen LogP contribution in [0.15, 0.2) is 35.6 Å². The van der Waals surface area contributed by atoms with Crippen molar-refractivity contribution in [3.8, 4) is 0 Å². The van der Waals surface area contributed by atoms with Gasteiger partial charge in [0.15, 0.2) is 0 Å². The van der Waals surface area contributed by atoms with Crippen LogP contribution in [0, 0.1) is 0 Å². The first kappa shape index (κ1) is 12.2. The van der Waals surface area contributed by atoms with E-state index in [1.807, 2.05) is 6.08 Å². The maximum atomic E-state index is 12.5. The maximum absolute atomic E-state index is 12.5. The second-order valence-corrected chi connectivity index (χ2v) is 5.05. The zero-order chi connectivity index (χ0) is 13.4. The van der Waals surface area contributed by atoms with Crippen LogP contribution in [0.3, 0.4) is 0 Å². The Kier molecular flexibility index (Phi) is 3.03. The van der Waals surface area contributed by atoms with Gasteiger partial charge in [0.25, 0.3) is 5.56 Å².